The van der Waals surface area contributed by atoms with Gasteiger partial charge in [-0.1, -0.05) is 27.5 Å². The van der Waals surface area contributed by atoms with Gasteiger partial charge in [0.2, 0.25) is 0 Å². The predicted octanol–water partition coefficient (Wildman–Crippen LogP) is 2.92. The molecule has 0 fully saturated rings. The fraction of sp³-hybridized carbons (Fsp3) is 0. The number of halogens is 2. The van der Waals surface area contributed by atoms with Crippen LogP contribution in [0.2, 0.25) is 5.02 Å². The number of nitrogens with zero attached hydrogens (tertiary/aromatic N) is 2. The monoisotopic (exact) mass is 313 g/mol. The van der Waals surface area contributed by atoms with Crippen molar-refractivity contribution in [3.8, 4) is 0 Å². The quantitative estimate of drug-likeness (QED) is 0.600. The smallest absolute Gasteiger partial charge is 0.145 e. The summed E-state index contributed by atoms with van der Waals surface area (Å²) >= 11 is 9.43. The van der Waals surface area contributed by atoms with Gasteiger partial charge < -0.3 is 10.7 Å². The lowest BCUT2D eigenvalue weighted by atomic mass is 10.3. The molecule has 1 aromatic heterocycles. The minimum Gasteiger partial charge on any atom is -0.339 e. The molecule has 17 heavy (non-hydrogen) atoms. The van der Waals surface area contributed by atoms with Gasteiger partial charge >= 0.3 is 0 Å². The van der Waals surface area contributed by atoms with Crippen LogP contribution >= 0.6 is 27.5 Å². The molecule has 2 rings (SSSR count). The fourth-order valence-electron chi connectivity index (χ4n) is 1.24. The van der Waals surface area contributed by atoms with Crippen molar-refractivity contribution in [2.75, 3.05) is 10.7 Å². The first kappa shape index (κ1) is 12.1. The van der Waals surface area contributed by atoms with E-state index < -0.39 is 0 Å². The first-order valence-corrected chi connectivity index (χ1v) is 5.87. The van der Waals surface area contributed by atoms with E-state index >= 15 is 0 Å². The Morgan fingerprint density at radius 2 is 1.94 bits per heavy atom. The number of anilines is 3. The molecule has 0 saturated carbocycles. The maximum absolute atomic E-state index is 6.05. The van der Waals surface area contributed by atoms with Gasteiger partial charge in [0.15, 0.2) is 0 Å². The van der Waals surface area contributed by atoms with Crippen LogP contribution in [0.4, 0.5) is 17.3 Å². The summed E-state index contributed by atoms with van der Waals surface area (Å²) in [4.78, 5) is 7.97. The van der Waals surface area contributed by atoms with E-state index in [2.05, 4.69) is 36.6 Å². The number of rotatable bonds is 3. The number of aromatic nitrogens is 2. The minimum absolute atomic E-state index is 0.522. The lowest BCUT2D eigenvalue weighted by Crippen LogP contribution is -2.09. The number of benzene rings is 1. The molecule has 5 nitrogen and oxygen atoms in total. The standard InChI is InChI=1S/C10H9BrClN5/c11-6-1-2-7(12)8(3-6)16-9-4-10(17-13)15-5-14-9/h1-5H,13H2,(H2,14,15,16,17). The van der Waals surface area contributed by atoms with E-state index in [1.54, 1.807) is 12.1 Å². The Labute approximate surface area is 112 Å². The van der Waals surface area contributed by atoms with Crippen molar-refractivity contribution in [2.24, 2.45) is 5.84 Å². The van der Waals surface area contributed by atoms with Crippen LogP contribution in [0.1, 0.15) is 0 Å². The second-order valence-electron chi connectivity index (χ2n) is 3.18. The number of hydrogen-bond donors (Lipinski definition) is 3. The van der Waals surface area contributed by atoms with Crippen LogP contribution in [0.15, 0.2) is 35.1 Å². The highest BCUT2D eigenvalue weighted by molar-refractivity contribution is 9.10. The lowest BCUT2D eigenvalue weighted by molar-refractivity contribution is 1.14. The van der Waals surface area contributed by atoms with Gasteiger partial charge in [-0.2, -0.15) is 0 Å². The molecule has 1 aromatic carbocycles. The summed E-state index contributed by atoms with van der Waals surface area (Å²) in [6.45, 7) is 0. The van der Waals surface area contributed by atoms with Gasteiger partial charge in [0, 0.05) is 10.5 Å². The fourth-order valence-corrected chi connectivity index (χ4v) is 1.76. The Kier molecular flexibility index (Phi) is 3.78. The number of hydrogen-bond acceptors (Lipinski definition) is 5. The van der Waals surface area contributed by atoms with Crippen LogP contribution in [0.25, 0.3) is 0 Å². The molecule has 0 unspecified atom stereocenters. The van der Waals surface area contributed by atoms with Crippen LogP contribution < -0.4 is 16.6 Å². The number of nitrogens with one attached hydrogen (secondary N) is 2. The van der Waals surface area contributed by atoms with Crippen molar-refractivity contribution in [3.05, 3.63) is 40.1 Å². The molecular formula is C10H9BrClN5. The van der Waals surface area contributed by atoms with Crippen molar-refractivity contribution in [1.82, 2.24) is 9.97 Å². The normalized spacial score (nSPS) is 10.1. The summed E-state index contributed by atoms with van der Waals surface area (Å²) in [6.07, 6.45) is 1.41. The third-order valence-corrected chi connectivity index (χ3v) is 2.83. The number of hydrazine groups is 1. The highest BCUT2D eigenvalue weighted by Crippen LogP contribution is 2.28. The van der Waals surface area contributed by atoms with Crippen LogP contribution in [0.3, 0.4) is 0 Å². The summed E-state index contributed by atoms with van der Waals surface area (Å²) in [5, 5.41) is 3.68. The molecule has 88 valence electrons. The summed E-state index contributed by atoms with van der Waals surface area (Å²) in [5.41, 5.74) is 3.20. The first-order chi connectivity index (χ1) is 8.19. The van der Waals surface area contributed by atoms with Gasteiger partial charge in [-0.3, -0.25) is 0 Å². The highest BCUT2D eigenvalue weighted by atomic mass is 79.9. The Hall–Kier alpha value is -1.37. The SMILES string of the molecule is NNc1cc(Nc2cc(Br)ccc2Cl)ncn1. The molecule has 0 atom stereocenters. The van der Waals surface area contributed by atoms with Crippen molar-refractivity contribution < 1.29 is 0 Å². The molecule has 1 heterocycles. The molecule has 0 aliphatic carbocycles. The zero-order valence-corrected chi connectivity index (χ0v) is 11.0. The Morgan fingerprint density at radius 1 is 1.18 bits per heavy atom. The molecule has 0 bridgehead atoms. The number of nitrogens with two attached hydrogens (primary N) is 1. The van der Waals surface area contributed by atoms with Crippen LogP contribution in [-0.4, -0.2) is 9.97 Å². The second kappa shape index (κ2) is 5.31. The largest absolute Gasteiger partial charge is 0.339 e. The second-order valence-corrected chi connectivity index (χ2v) is 4.50. The molecule has 7 heteroatoms. The van der Waals surface area contributed by atoms with Crippen LogP contribution in [0, 0.1) is 0 Å². The molecular weight excluding hydrogens is 306 g/mol. The molecule has 0 radical (unpaired) electrons. The van der Waals surface area contributed by atoms with Gasteiger partial charge in [0.1, 0.15) is 18.0 Å². The maximum Gasteiger partial charge on any atom is 0.145 e. The molecule has 0 amide bonds. The van der Waals surface area contributed by atoms with Crippen LogP contribution in [-0.2, 0) is 0 Å². The Balaban J connectivity index is 2.27. The van der Waals surface area contributed by atoms with E-state index in [0.717, 1.165) is 10.2 Å². The van der Waals surface area contributed by atoms with Crippen molar-refractivity contribution in [2.45, 2.75) is 0 Å². The van der Waals surface area contributed by atoms with Gasteiger partial charge in [-0.15, -0.1) is 0 Å². The van der Waals surface area contributed by atoms with Crippen molar-refractivity contribution in [1.29, 1.82) is 0 Å². The molecule has 0 spiro atoms. The van der Waals surface area contributed by atoms with Gasteiger partial charge in [-0.05, 0) is 18.2 Å². The lowest BCUT2D eigenvalue weighted by Gasteiger charge is -2.08. The summed E-state index contributed by atoms with van der Waals surface area (Å²) < 4.78 is 0.927. The maximum atomic E-state index is 6.05. The summed E-state index contributed by atoms with van der Waals surface area (Å²) in [5.74, 6) is 6.39. The van der Waals surface area contributed by atoms with Crippen molar-refractivity contribution >= 4 is 44.9 Å². The molecule has 0 aliphatic heterocycles. The highest BCUT2D eigenvalue weighted by Gasteiger charge is 2.03. The van der Waals surface area contributed by atoms with Gasteiger partial charge in [-0.25, -0.2) is 15.8 Å². The average Bonchev–Trinajstić information content (AvgIpc) is 2.34. The number of nitrogen functional groups attached to an aromatic ring is 1. The van der Waals surface area contributed by atoms with E-state index in [9.17, 15) is 0 Å². The zero-order valence-electron chi connectivity index (χ0n) is 8.61. The molecule has 2 aromatic rings. The first-order valence-electron chi connectivity index (χ1n) is 4.70. The molecule has 4 N–H and O–H groups in total. The van der Waals surface area contributed by atoms with E-state index in [-0.39, 0.29) is 0 Å². The third kappa shape index (κ3) is 3.06. The minimum atomic E-state index is 0.522. The topological polar surface area (TPSA) is 75.9 Å². The van der Waals surface area contributed by atoms with Crippen molar-refractivity contribution in [3.63, 3.8) is 0 Å². The Bertz CT molecular complexity index is 534. The molecule has 0 saturated heterocycles. The summed E-state index contributed by atoms with van der Waals surface area (Å²) in [7, 11) is 0. The Morgan fingerprint density at radius 3 is 2.71 bits per heavy atom. The predicted molar refractivity (Wildman–Crippen MR) is 72.3 cm³/mol. The summed E-state index contributed by atoms with van der Waals surface area (Å²) in [6, 6.07) is 7.19. The van der Waals surface area contributed by atoms with Crippen LogP contribution in [0.5, 0.6) is 0 Å². The zero-order chi connectivity index (χ0) is 12.3. The average molecular weight is 315 g/mol. The van der Waals surface area contributed by atoms with E-state index in [1.807, 2.05) is 12.1 Å². The third-order valence-electron chi connectivity index (χ3n) is 2.01. The molecule has 0 aliphatic rings. The van der Waals surface area contributed by atoms with Gasteiger partial charge in [0.25, 0.3) is 0 Å². The van der Waals surface area contributed by atoms with E-state index in [4.69, 9.17) is 17.4 Å². The van der Waals surface area contributed by atoms with E-state index in [1.165, 1.54) is 6.33 Å². The van der Waals surface area contributed by atoms with E-state index in [0.29, 0.717) is 16.7 Å². The van der Waals surface area contributed by atoms with Gasteiger partial charge in [0.05, 0.1) is 10.7 Å².